The van der Waals surface area contributed by atoms with Gasteiger partial charge >= 0.3 is 0 Å². The Morgan fingerprint density at radius 1 is 1.48 bits per heavy atom. The summed E-state index contributed by atoms with van der Waals surface area (Å²) in [4.78, 5) is 18.5. The third-order valence-electron chi connectivity index (χ3n) is 3.60. The quantitative estimate of drug-likeness (QED) is 0.853. The first kappa shape index (κ1) is 13.9. The molecule has 1 fully saturated rings. The number of carbonyl (C=O) groups excluding carboxylic acids is 1. The maximum atomic E-state index is 12.4. The van der Waals surface area contributed by atoms with Crippen molar-refractivity contribution in [1.82, 2.24) is 9.88 Å². The number of hydrogen-bond acceptors (Lipinski definition) is 4. The summed E-state index contributed by atoms with van der Waals surface area (Å²) < 4.78 is 0. The fraction of sp³-hybridized carbons (Fsp3) is 0.312. The number of aromatic nitrogens is 1. The minimum Gasteiger partial charge on any atom is -0.325 e. The van der Waals surface area contributed by atoms with Crippen molar-refractivity contribution in [3.05, 3.63) is 42.1 Å². The fourth-order valence-corrected chi connectivity index (χ4v) is 3.47. The molecule has 21 heavy (non-hydrogen) atoms. The number of nitriles is 1. The van der Waals surface area contributed by atoms with Gasteiger partial charge in [0.05, 0.1) is 18.0 Å². The van der Waals surface area contributed by atoms with E-state index in [0.717, 1.165) is 22.2 Å². The maximum absolute atomic E-state index is 12.4. The minimum atomic E-state index is -0.301. The van der Waals surface area contributed by atoms with Gasteiger partial charge in [0.2, 0.25) is 5.91 Å². The normalized spacial score (nSPS) is 18.4. The number of carbonyl (C=O) groups is 1. The summed E-state index contributed by atoms with van der Waals surface area (Å²) in [5.41, 5.74) is 1.83. The average Bonchev–Trinajstić information content (AvgIpc) is 2.54. The first-order valence-electron chi connectivity index (χ1n) is 6.88. The van der Waals surface area contributed by atoms with Gasteiger partial charge in [-0.05, 0) is 17.7 Å². The highest BCUT2D eigenvalue weighted by Crippen LogP contribution is 2.18. The van der Waals surface area contributed by atoms with Gasteiger partial charge in [-0.2, -0.15) is 17.0 Å². The summed E-state index contributed by atoms with van der Waals surface area (Å²) in [6.45, 7) is 0.655. The predicted octanol–water partition coefficient (Wildman–Crippen LogP) is 2.24. The van der Waals surface area contributed by atoms with Crippen molar-refractivity contribution in [2.75, 3.05) is 18.1 Å². The van der Waals surface area contributed by atoms with E-state index in [1.807, 2.05) is 30.3 Å². The molecule has 0 saturated carbocycles. The van der Waals surface area contributed by atoms with E-state index in [4.69, 9.17) is 5.26 Å². The maximum Gasteiger partial charge on any atom is 0.228 e. The second-order valence-corrected chi connectivity index (χ2v) is 6.17. The molecule has 3 rings (SSSR count). The largest absolute Gasteiger partial charge is 0.325 e. The van der Waals surface area contributed by atoms with Crippen molar-refractivity contribution in [3.63, 3.8) is 0 Å². The number of benzene rings is 1. The lowest BCUT2D eigenvalue weighted by molar-refractivity contribution is -0.131. The molecule has 1 saturated heterocycles. The van der Waals surface area contributed by atoms with Crippen molar-refractivity contribution < 1.29 is 4.79 Å². The monoisotopic (exact) mass is 297 g/mol. The molecule has 0 radical (unpaired) electrons. The van der Waals surface area contributed by atoms with E-state index in [1.54, 1.807) is 22.9 Å². The zero-order chi connectivity index (χ0) is 14.7. The smallest absolute Gasteiger partial charge is 0.228 e. The van der Waals surface area contributed by atoms with Crippen molar-refractivity contribution in [2.45, 2.75) is 12.5 Å². The Balaban J connectivity index is 1.78. The Hall–Kier alpha value is -2.06. The van der Waals surface area contributed by atoms with Gasteiger partial charge in [0, 0.05) is 29.6 Å². The topological polar surface area (TPSA) is 57.0 Å². The van der Waals surface area contributed by atoms with E-state index in [0.29, 0.717) is 18.7 Å². The van der Waals surface area contributed by atoms with E-state index in [1.165, 1.54) is 0 Å². The lowest BCUT2D eigenvalue weighted by atomic mass is 10.1. The molecule has 1 amide bonds. The molecule has 1 atom stereocenters. The van der Waals surface area contributed by atoms with Crippen LogP contribution in [-0.4, -0.2) is 39.9 Å². The predicted molar refractivity (Wildman–Crippen MR) is 83.9 cm³/mol. The van der Waals surface area contributed by atoms with Crippen molar-refractivity contribution in [1.29, 1.82) is 5.26 Å². The lowest BCUT2D eigenvalue weighted by Gasteiger charge is -2.31. The third-order valence-corrected chi connectivity index (χ3v) is 4.62. The molecule has 2 heterocycles. The van der Waals surface area contributed by atoms with Crippen LogP contribution >= 0.6 is 11.8 Å². The number of rotatable bonds is 2. The molecule has 5 heteroatoms. The van der Waals surface area contributed by atoms with Crippen molar-refractivity contribution in [2.24, 2.45) is 0 Å². The Kier molecular flexibility index (Phi) is 4.07. The summed E-state index contributed by atoms with van der Waals surface area (Å²) in [5, 5.41) is 10.2. The Morgan fingerprint density at radius 3 is 3.19 bits per heavy atom. The van der Waals surface area contributed by atoms with Crippen LogP contribution in [0.4, 0.5) is 0 Å². The number of hydrogen-bond donors (Lipinski definition) is 0. The molecule has 1 aliphatic rings. The van der Waals surface area contributed by atoms with Gasteiger partial charge in [0.15, 0.2) is 0 Å². The van der Waals surface area contributed by atoms with Crippen LogP contribution in [0.1, 0.15) is 5.56 Å². The fourth-order valence-electron chi connectivity index (χ4n) is 2.50. The van der Waals surface area contributed by atoms with Gasteiger partial charge in [-0.15, -0.1) is 0 Å². The zero-order valence-electron chi connectivity index (χ0n) is 11.5. The van der Waals surface area contributed by atoms with Gasteiger partial charge in [0.25, 0.3) is 0 Å². The Labute approximate surface area is 127 Å². The van der Waals surface area contributed by atoms with E-state index < -0.39 is 0 Å². The van der Waals surface area contributed by atoms with Crippen LogP contribution < -0.4 is 0 Å². The first-order chi connectivity index (χ1) is 10.3. The molecule has 106 valence electrons. The van der Waals surface area contributed by atoms with Crippen LogP contribution in [0.25, 0.3) is 10.9 Å². The number of fused-ring (bicyclic) bond motifs is 1. The molecule has 0 spiro atoms. The third kappa shape index (κ3) is 3.01. The van der Waals surface area contributed by atoms with Gasteiger partial charge in [-0.3, -0.25) is 9.78 Å². The SMILES string of the molecule is N#CC1CSCCN1C(=O)Cc1cnc2ccccc2c1. The molecule has 1 aromatic heterocycles. The Bertz CT molecular complexity index is 710. The summed E-state index contributed by atoms with van der Waals surface area (Å²) in [7, 11) is 0. The molecule has 0 bridgehead atoms. The van der Waals surface area contributed by atoms with Crippen LogP contribution in [-0.2, 0) is 11.2 Å². The molecular weight excluding hydrogens is 282 g/mol. The zero-order valence-corrected chi connectivity index (χ0v) is 12.3. The van der Waals surface area contributed by atoms with E-state index in [9.17, 15) is 4.79 Å². The second kappa shape index (κ2) is 6.15. The minimum absolute atomic E-state index is 0.0129. The average molecular weight is 297 g/mol. The highest BCUT2D eigenvalue weighted by atomic mass is 32.2. The summed E-state index contributed by atoms with van der Waals surface area (Å²) in [6.07, 6.45) is 2.06. The molecule has 1 aliphatic heterocycles. The molecule has 2 aromatic rings. The molecular formula is C16H15N3OS. The van der Waals surface area contributed by atoms with Crippen LogP contribution in [0.2, 0.25) is 0 Å². The van der Waals surface area contributed by atoms with Crippen LogP contribution in [0.5, 0.6) is 0 Å². The summed E-state index contributed by atoms with van der Waals surface area (Å²) in [6, 6.07) is 11.8. The summed E-state index contributed by atoms with van der Waals surface area (Å²) in [5.74, 6) is 1.62. The number of amides is 1. The van der Waals surface area contributed by atoms with Crippen LogP contribution in [0, 0.1) is 11.3 Å². The van der Waals surface area contributed by atoms with Gasteiger partial charge in [-0.1, -0.05) is 18.2 Å². The highest BCUT2D eigenvalue weighted by molar-refractivity contribution is 7.99. The number of pyridine rings is 1. The van der Waals surface area contributed by atoms with Gasteiger partial charge in [0.1, 0.15) is 6.04 Å². The number of para-hydroxylation sites is 1. The van der Waals surface area contributed by atoms with Crippen LogP contribution in [0.15, 0.2) is 36.5 Å². The summed E-state index contributed by atoms with van der Waals surface area (Å²) >= 11 is 1.73. The van der Waals surface area contributed by atoms with Crippen molar-refractivity contribution in [3.8, 4) is 6.07 Å². The molecule has 1 aromatic carbocycles. The molecule has 4 nitrogen and oxygen atoms in total. The van der Waals surface area contributed by atoms with E-state index in [2.05, 4.69) is 11.1 Å². The molecule has 0 aliphatic carbocycles. The van der Waals surface area contributed by atoms with E-state index in [-0.39, 0.29) is 11.9 Å². The van der Waals surface area contributed by atoms with Gasteiger partial charge in [-0.25, -0.2) is 0 Å². The van der Waals surface area contributed by atoms with Crippen LogP contribution in [0.3, 0.4) is 0 Å². The van der Waals surface area contributed by atoms with E-state index >= 15 is 0 Å². The molecule has 0 N–H and O–H groups in total. The molecule has 1 unspecified atom stereocenters. The second-order valence-electron chi connectivity index (χ2n) is 5.02. The Morgan fingerprint density at radius 2 is 2.33 bits per heavy atom. The number of thioether (sulfide) groups is 1. The van der Waals surface area contributed by atoms with Crippen molar-refractivity contribution >= 4 is 28.6 Å². The lowest BCUT2D eigenvalue weighted by Crippen LogP contribution is -2.46. The first-order valence-corrected chi connectivity index (χ1v) is 8.04. The highest BCUT2D eigenvalue weighted by Gasteiger charge is 2.26. The standard InChI is InChI=1S/C16H15N3OS/c17-9-14-11-21-6-5-19(14)16(20)8-12-7-13-3-1-2-4-15(13)18-10-12/h1-4,7,10,14H,5-6,8,11H2. The number of nitrogens with zero attached hydrogens (tertiary/aromatic N) is 3. The van der Waals surface area contributed by atoms with Gasteiger partial charge < -0.3 is 4.90 Å².